The SMILES string of the molecule is Cc1cccc(CCc2c[nH]c(=S)[nH]2)c1C. The molecule has 2 aromatic rings. The highest BCUT2D eigenvalue weighted by atomic mass is 32.1. The van der Waals surface area contributed by atoms with Gasteiger partial charge in [-0.3, -0.25) is 0 Å². The third-order valence-electron chi connectivity index (χ3n) is 3.03. The average molecular weight is 232 g/mol. The zero-order valence-corrected chi connectivity index (χ0v) is 10.4. The summed E-state index contributed by atoms with van der Waals surface area (Å²) in [6.45, 7) is 4.34. The molecule has 1 aromatic heterocycles. The van der Waals surface area contributed by atoms with Crippen LogP contribution in [0.25, 0.3) is 0 Å². The van der Waals surface area contributed by atoms with Gasteiger partial charge in [0.05, 0.1) is 0 Å². The van der Waals surface area contributed by atoms with Gasteiger partial charge in [0.2, 0.25) is 0 Å². The Labute approximate surface area is 101 Å². The molecule has 2 rings (SSSR count). The fourth-order valence-electron chi connectivity index (χ4n) is 1.86. The number of rotatable bonds is 3. The summed E-state index contributed by atoms with van der Waals surface area (Å²) < 4.78 is 0.705. The van der Waals surface area contributed by atoms with E-state index in [9.17, 15) is 0 Å². The van der Waals surface area contributed by atoms with E-state index in [-0.39, 0.29) is 0 Å². The van der Waals surface area contributed by atoms with E-state index in [2.05, 4.69) is 42.0 Å². The lowest BCUT2D eigenvalue weighted by Gasteiger charge is -2.07. The molecule has 2 N–H and O–H groups in total. The van der Waals surface area contributed by atoms with Crippen LogP contribution in [0.2, 0.25) is 0 Å². The quantitative estimate of drug-likeness (QED) is 0.780. The smallest absolute Gasteiger partial charge is 0.174 e. The van der Waals surface area contributed by atoms with Crippen molar-refractivity contribution in [3.05, 3.63) is 51.6 Å². The van der Waals surface area contributed by atoms with Gasteiger partial charge in [0.1, 0.15) is 0 Å². The summed E-state index contributed by atoms with van der Waals surface area (Å²) in [4.78, 5) is 6.13. The van der Waals surface area contributed by atoms with Crippen molar-refractivity contribution in [3.8, 4) is 0 Å². The number of aryl methyl sites for hydroxylation is 3. The molecule has 0 radical (unpaired) electrons. The van der Waals surface area contributed by atoms with Gasteiger partial charge in [-0.2, -0.15) is 0 Å². The number of H-pyrrole nitrogens is 2. The van der Waals surface area contributed by atoms with Crippen LogP contribution in [0.4, 0.5) is 0 Å². The molecule has 0 aliphatic rings. The summed E-state index contributed by atoms with van der Waals surface area (Å²) in [6, 6.07) is 6.48. The minimum Gasteiger partial charge on any atom is -0.337 e. The fraction of sp³-hybridized carbons (Fsp3) is 0.308. The first kappa shape index (κ1) is 11.1. The minimum atomic E-state index is 0.705. The lowest BCUT2D eigenvalue weighted by atomic mass is 9.99. The Kier molecular flexibility index (Phi) is 3.25. The molecule has 0 bridgehead atoms. The number of nitrogens with one attached hydrogen (secondary N) is 2. The second-order valence-electron chi connectivity index (χ2n) is 4.13. The average Bonchev–Trinajstić information content (AvgIpc) is 2.67. The number of aromatic nitrogens is 2. The normalized spacial score (nSPS) is 10.6. The standard InChI is InChI=1S/C13H16N2S/c1-9-4-3-5-11(10(9)2)6-7-12-8-14-13(16)15-12/h3-5,8H,6-7H2,1-2H3,(H2,14,15,16). The predicted octanol–water partition coefficient (Wildman–Crippen LogP) is 3.47. The molecule has 0 atom stereocenters. The number of benzene rings is 1. The van der Waals surface area contributed by atoms with Crippen LogP contribution in [0, 0.1) is 18.6 Å². The largest absolute Gasteiger partial charge is 0.337 e. The van der Waals surface area contributed by atoms with E-state index in [1.54, 1.807) is 0 Å². The lowest BCUT2D eigenvalue weighted by Crippen LogP contribution is -1.96. The molecule has 16 heavy (non-hydrogen) atoms. The molecule has 0 unspecified atom stereocenters. The van der Waals surface area contributed by atoms with Crippen LogP contribution in [0.15, 0.2) is 24.4 Å². The van der Waals surface area contributed by atoms with E-state index >= 15 is 0 Å². The van der Waals surface area contributed by atoms with Crippen LogP contribution in [0.3, 0.4) is 0 Å². The Bertz CT molecular complexity index is 537. The highest BCUT2D eigenvalue weighted by Crippen LogP contribution is 2.14. The van der Waals surface area contributed by atoms with Gasteiger partial charge in [0, 0.05) is 11.9 Å². The van der Waals surface area contributed by atoms with Gasteiger partial charge in [0.25, 0.3) is 0 Å². The Morgan fingerprint density at radius 3 is 2.69 bits per heavy atom. The van der Waals surface area contributed by atoms with Crippen molar-refractivity contribution in [2.45, 2.75) is 26.7 Å². The van der Waals surface area contributed by atoms with Crippen molar-refractivity contribution in [1.29, 1.82) is 0 Å². The second-order valence-corrected chi connectivity index (χ2v) is 4.54. The maximum absolute atomic E-state index is 5.00. The Hall–Kier alpha value is -1.35. The lowest BCUT2D eigenvalue weighted by molar-refractivity contribution is 0.913. The monoisotopic (exact) mass is 232 g/mol. The van der Waals surface area contributed by atoms with Crippen molar-refractivity contribution in [2.75, 3.05) is 0 Å². The highest BCUT2D eigenvalue weighted by molar-refractivity contribution is 7.71. The molecule has 0 saturated carbocycles. The van der Waals surface area contributed by atoms with E-state index in [0.29, 0.717) is 4.77 Å². The molecule has 2 nitrogen and oxygen atoms in total. The number of hydrogen-bond acceptors (Lipinski definition) is 1. The zero-order chi connectivity index (χ0) is 11.5. The van der Waals surface area contributed by atoms with Crippen molar-refractivity contribution in [1.82, 2.24) is 9.97 Å². The molecule has 0 spiro atoms. The number of aromatic amines is 2. The van der Waals surface area contributed by atoms with E-state index in [1.165, 1.54) is 22.4 Å². The van der Waals surface area contributed by atoms with Crippen molar-refractivity contribution < 1.29 is 0 Å². The molecule has 0 amide bonds. The Morgan fingerprint density at radius 2 is 2.00 bits per heavy atom. The van der Waals surface area contributed by atoms with E-state index in [1.807, 2.05) is 6.20 Å². The number of imidazole rings is 1. The van der Waals surface area contributed by atoms with Gasteiger partial charge >= 0.3 is 0 Å². The summed E-state index contributed by atoms with van der Waals surface area (Å²) in [5, 5.41) is 0. The van der Waals surface area contributed by atoms with Gasteiger partial charge in [-0.1, -0.05) is 18.2 Å². The second kappa shape index (κ2) is 4.66. The molecule has 0 aliphatic heterocycles. The van der Waals surface area contributed by atoms with Gasteiger partial charge < -0.3 is 9.97 Å². The molecule has 1 heterocycles. The van der Waals surface area contributed by atoms with Gasteiger partial charge in [-0.25, -0.2) is 0 Å². The topological polar surface area (TPSA) is 31.6 Å². The van der Waals surface area contributed by atoms with Crippen LogP contribution in [-0.2, 0) is 12.8 Å². The van der Waals surface area contributed by atoms with Crippen LogP contribution in [0.1, 0.15) is 22.4 Å². The first-order chi connectivity index (χ1) is 7.66. The molecule has 0 saturated heterocycles. The minimum absolute atomic E-state index is 0.705. The first-order valence-electron chi connectivity index (χ1n) is 5.48. The molecular weight excluding hydrogens is 216 g/mol. The Morgan fingerprint density at radius 1 is 1.19 bits per heavy atom. The summed E-state index contributed by atoms with van der Waals surface area (Å²) in [5.74, 6) is 0. The molecule has 84 valence electrons. The molecule has 0 aliphatic carbocycles. The molecule has 0 fully saturated rings. The predicted molar refractivity (Wildman–Crippen MR) is 69.3 cm³/mol. The summed E-state index contributed by atoms with van der Waals surface area (Å²) >= 11 is 5.00. The summed E-state index contributed by atoms with van der Waals surface area (Å²) in [5.41, 5.74) is 5.35. The van der Waals surface area contributed by atoms with Crippen LogP contribution in [-0.4, -0.2) is 9.97 Å². The van der Waals surface area contributed by atoms with E-state index in [0.717, 1.165) is 12.8 Å². The van der Waals surface area contributed by atoms with Gasteiger partial charge in [0.15, 0.2) is 4.77 Å². The van der Waals surface area contributed by atoms with Gasteiger partial charge in [-0.05, 0) is 55.6 Å². The summed E-state index contributed by atoms with van der Waals surface area (Å²) in [7, 11) is 0. The van der Waals surface area contributed by atoms with Crippen LogP contribution in [0.5, 0.6) is 0 Å². The first-order valence-corrected chi connectivity index (χ1v) is 5.89. The maximum atomic E-state index is 5.00. The number of hydrogen-bond donors (Lipinski definition) is 2. The third-order valence-corrected chi connectivity index (χ3v) is 3.25. The van der Waals surface area contributed by atoms with Crippen molar-refractivity contribution >= 4 is 12.2 Å². The molecule has 1 aromatic carbocycles. The zero-order valence-electron chi connectivity index (χ0n) is 9.63. The molecule has 3 heteroatoms. The van der Waals surface area contributed by atoms with Crippen LogP contribution >= 0.6 is 12.2 Å². The van der Waals surface area contributed by atoms with Gasteiger partial charge in [-0.15, -0.1) is 0 Å². The highest BCUT2D eigenvalue weighted by Gasteiger charge is 2.01. The fourth-order valence-corrected chi connectivity index (χ4v) is 2.05. The molecular formula is C13H16N2S. The summed E-state index contributed by atoms with van der Waals surface area (Å²) in [6.07, 6.45) is 4.00. The van der Waals surface area contributed by atoms with Crippen LogP contribution < -0.4 is 0 Å². The third kappa shape index (κ3) is 2.42. The Balaban J connectivity index is 2.10. The van der Waals surface area contributed by atoms with E-state index in [4.69, 9.17) is 12.2 Å². The van der Waals surface area contributed by atoms with Crippen molar-refractivity contribution in [3.63, 3.8) is 0 Å². The van der Waals surface area contributed by atoms with E-state index < -0.39 is 0 Å². The maximum Gasteiger partial charge on any atom is 0.174 e. The van der Waals surface area contributed by atoms with Crippen molar-refractivity contribution in [2.24, 2.45) is 0 Å².